The molecule has 1 unspecified atom stereocenters. The molecule has 170 valence electrons. The molecule has 2 aromatic carbocycles. The molecule has 1 fully saturated rings. The maximum absolute atomic E-state index is 13.3. The number of hydrogen-bond donors (Lipinski definition) is 1. The first-order valence-corrected chi connectivity index (χ1v) is 10.7. The van der Waals surface area contributed by atoms with Crippen LogP contribution in [0.1, 0.15) is 23.2 Å². The zero-order valence-corrected chi connectivity index (χ0v) is 18.9. The zero-order valence-electron chi connectivity index (χ0n) is 18.1. The fraction of sp³-hybridized carbons (Fsp3) is 0.250. The van der Waals surface area contributed by atoms with Crippen LogP contribution in [0.2, 0.25) is 5.02 Å². The van der Waals surface area contributed by atoms with Gasteiger partial charge in [0.25, 0.3) is 5.91 Å². The van der Waals surface area contributed by atoms with Gasteiger partial charge in [-0.15, -0.1) is 10.2 Å². The van der Waals surface area contributed by atoms with Gasteiger partial charge in [-0.1, -0.05) is 35.9 Å². The molecule has 3 aromatic rings. The van der Waals surface area contributed by atoms with Gasteiger partial charge in [-0.2, -0.15) is 0 Å². The molecule has 1 N–H and O–H groups in total. The lowest BCUT2D eigenvalue weighted by Crippen LogP contribution is -2.40. The molecule has 8 nitrogen and oxygen atoms in total. The van der Waals surface area contributed by atoms with Crippen molar-refractivity contribution in [2.75, 3.05) is 20.8 Å². The Balaban J connectivity index is 1.88. The number of amides is 1. The van der Waals surface area contributed by atoms with E-state index < -0.39 is 12.0 Å². The number of aromatic nitrogens is 2. The molecular weight excluding hydrogens is 446 g/mol. The number of carboxylic acid groups (broad SMARTS) is 1. The molecule has 9 heteroatoms. The van der Waals surface area contributed by atoms with Gasteiger partial charge in [-0.3, -0.25) is 4.79 Å². The SMILES string of the molecule is COc1cc(-c2ccc(C(=O)N3CCCC3C(=O)O)cc2-c2ccccc2Cl)c(OC)nn1. The van der Waals surface area contributed by atoms with Gasteiger partial charge >= 0.3 is 5.97 Å². The molecule has 33 heavy (non-hydrogen) atoms. The maximum Gasteiger partial charge on any atom is 0.326 e. The number of benzene rings is 2. The van der Waals surface area contributed by atoms with Crippen LogP contribution >= 0.6 is 11.6 Å². The number of rotatable bonds is 6. The largest absolute Gasteiger partial charge is 0.480 e. The van der Waals surface area contributed by atoms with Gasteiger partial charge in [0.05, 0.1) is 19.8 Å². The number of nitrogens with zero attached hydrogens (tertiary/aromatic N) is 3. The van der Waals surface area contributed by atoms with E-state index in [0.717, 1.165) is 0 Å². The summed E-state index contributed by atoms with van der Waals surface area (Å²) in [7, 11) is 2.98. The molecule has 1 atom stereocenters. The Bertz CT molecular complexity index is 1220. The van der Waals surface area contributed by atoms with Gasteiger partial charge in [-0.25, -0.2) is 4.79 Å². The Hall–Kier alpha value is -3.65. The second-order valence-electron chi connectivity index (χ2n) is 7.54. The molecule has 1 amide bonds. The van der Waals surface area contributed by atoms with E-state index in [2.05, 4.69) is 10.2 Å². The van der Waals surface area contributed by atoms with Gasteiger partial charge in [0.1, 0.15) is 6.04 Å². The first-order valence-electron chi connectivity index (χ1n) is 10.3. The Labute approximate surface area is 195 Å². The minimum Gasteiger partial charge on any atom is -0.480 e. The number of carboxylic acids is 1. The summed E-state index contributed by atoms with van der Waals surface area (Å²) in [4.78, 5) is 26.3. The van der Waals surface area contributed by atoms with Crippen molar-refractivity contribution < 1.29 is 24.2 Å². The van der Waals surface area contributed by atoms with E-state index in [4.69, 9.17) is 21.1 Å². The van der Waals surface area contributed by atoms with Crippen LogP contribution in [0.15, 0.2) is 48.5 Å². The van der Waals surface area contributed by atoms with Crippen molar-refractivity contribution in [2.45, 2.75) is 18.9 Å². The minimum atomic E-state index is -0.997. The molecule has 1 aromatic heterocycles. The highest BCUT2D eigenvalue weighted by Gasteiger charge is 2.34. The molecule has 0 aliphatic carbocycles. The third kappa shape index (κ3) is 4.34. The van der Waals surface area contributed by atoms with Crippen LogP contribution in [0.3, 0.4) is 0 Å². The van der Waals surface area contributed by atoms with E-state index >= 15 is 0 Å². The smallest absolute Gasteiger partial charge is 0.326 e. The summed E-state index contributed by atoms with van der Waals surface area (Å²) in [5.74, 6) is -0.744. The number of likely N-dealkylation sites (tertiary alicyclic amines) is 1. The number of carbonyl (C=O) groups is 2. The Morgan fingerprint density at radius 2 is 1.79 bits per heavy atom. The van der Waals surface area contributed by atoms with E-state index in [1.54, 1.807) is 30.3 Å². The van der Waals surface area contributed by atoms with Crippen LogP contribution in [-0.4, -0.2) is 58.9 Å². The van der Waals surface area contributed by atoms with Crippen molar-refractivity contribution >= 4 is 23.5 Å². The predicted molar refractivity (Wildman–Crippen MR) is 123 cm³/mol. The monoisotopic (exact) mass is 467 g/mol. The zero-order chi connectivity index (χ0) is 23.5. The molecule has 0 spiro atoms. The molecule has 0 bridgehead atoms. The average molecular weight is 468 g/mol. The van der Waals surface area contributed by atoms with Crippen molar-refractivity contribution in [3.8, 4) is 34.0 Å². The number of hydrogen-bond acceptors (Lipinski definition) is 6. The van der Waals surface area contributed by atoms with Gasteiger partial charge in [0.2, 0.25) is 11.8 Å². The number of ether oxygens (including phenoxy) is 2. The van der Waals surface area contributed by atoms with E-state index in [0.29, 0.717) is 58.1 Å². The number of carbonyl (C=O) groups excluding carboxylic acids is 1. The summed E-state index contributed by atoms with van der Waals surface area (Å²) in [6.07, 6.45) is 1.09. The molecule has 1 saturated heterocycles. The molecule has 1 aliphatic heterocycles. The fourth-order valence-electron chi connectivity index (χ4n) is 4.05. The maximum atomic E-state index is 13.3. The predicted octanol–water partition coefficient (Wildman–Crippen LogP) is 4.17. The highest BCUT2D eigenvalue weighted by atomic mass is 35.5. The Kier molecular flexibility index (Phi) is 6.46. The molecule has 4 rings (SSSR count). The summed E-state index contributed by atoms with van der Waals surface area (Å²) < 4.78 is 10.7. The quantitative estimate of drug-likeness (QED) is 0.580. The van der Waals surface area contributed by atoms with Crippen molar-refractivity contribution in [1.29, 1.82) is 0 Å². The van der Waals surface area contributed by atoms with Crippen molar-refractivity contribution in [2.24, 2.45) is 0 Å². The fourth-order valence-corrected chi connectivity index (χ4v) is 4.29. The van der Waals surface area contributed by atoms with Crippen LogP contribution in [-0.2, 0) is 4.79 Å². The second kappa shape index (κ2) is 9.46. The number of methoxy groups -OCH3 is 2. The van der Waals surface area contributed by atoms with E-state index in [9.17, 15) is 14.7 Å². The van der Waals surface area contributed by atoms with Crippen molar-refractivity contribution in [1.82, 2.24) is 15.1 Å². The van der Waals surface area contributed by atoms with Gasteiger partial charge in [-0.05, 0) is 42.2 Å². The van der Waals surface area contributed by atoms with Crippen LogP contribution in [0.5, 0.6) is 11.8 Å². The lowest BCUT2D eigenvalue weighted by atomic mass is 9.93. The number of aliphatic carboxylic acids is 1. The summed E-state index contributed by atoms with van der Waals surface area (Å²) >= 11 is 6.52. The normalized spacial score (nSPS) is 15.4. The first-order chi connectivity index (χ1) is 15.9. The molecule has 0 saturated carbocycles. The van der Waals surface area contributed by atoms with Crippen LogP contribution in [0, 0.1) is 0 Å². The van der Waals surface area contributed by atoms with E-state index in [1.165, 1.54) is 19.1 Å². The standard InChI is InChI=1S/C24H22ClN3O5/c1-32-21-13-18(22(33-2)27-26-21)15-10-9-14(12-17(15)16-6-3-4-7-19(16)25)23(29)28-11-5-8-20(28)24(30)31/h3-4,6-7,9-10,12-13,20H,5,8,11H2,1-2H3,(H,30,31). The van der Waals surface area contributed by atoms with E-state index in [-0.39, 0.29) is 11.8 Å². The third-order valence-corrected chi connectivity index (χ3v) is 5.99. The highest BCUT2D eigenvalue weighted by molar-refractivity contribution is 6.33. The van der Waals surface area contributed by atoms with Gasteiger partial charge in [0, 0.05) is 28.8 Å². The third-order valence-electron chi connectivity index (χ3n) is 5.66. The molecule has 1 aliphatic rings. The van der Waals surface area contributed by atoms with Crippen LogP contribution < -0.4 is 9.47 Å². The first kappa shape index (κ1) is 22.5. The average Bonchev–Trinajstić information content (AvgIpc) is 3.33. The second-order valence-corrected chi connectivity index (χ2v) is 7.95. The molecular formula is C24H22ClN3O5. The summed E-state index contributed by atoms with van der Waals surface area (Å²) in [5.41, 5.74) is 3.07. The Morgan fingerprint density at radius 1 is 1.00 bits per heavy atom. The highest BCUT2D eigenvalue weighted by Crippen LogP contribution is 2.40. The van der Waals surface area contributed by atoms with Crippen LogP contribution in [0.4, 0.5) is 0 Å². The van der Waals surface area contributed by atoms with E-state index in [1.807, 2.05) is 18.2 Å². The topological polar surface area (TPSA) is 102 Å². The summed E-state index contributed by atoms with van der Waals surface area (Å²) in [6.45, 7) is 0.401. The lowest BCUT2D eigenvalue weighted by molar-refractivity contribution is -0.141. The summed E-state index contributed by atoms with van der Waals surface area (Å²) in [6, 6.07) is 13.3. The summed E-state index contributed by atoms with van der Waals surface area (Å²) in [5, 5.41) is 18.0. The molecule has 2 heterocycles. The van der Waals surface area contributed by atoms with Gasteiger partial charge in [0.15, 0.2) is 0 Å². The van der Waals surface area contributed by atoms with Crippen molar-refractivity contribution in [3.05, 3.63) is 59.1 Å². The Morgan fingerprint density at radius 3 is 2.48 bits per heavy atom. The molecule has 0 radical (unpaired) electrons. The minimum absolute atomic E-state index is 0.286. The van der Waals surface area contributed by atoms with Crippen molar-refractivity contribution in [3.63, 3.8) is 0 Å². The van der Waals surface area contributed by atoms with Gasteiger partial charge < -0.3 is 19.5 Å². The van der Waals surface area contributed by atoms with Crippen LogP contribution in [0.25, 0.3) is 22.3 Å². The lowest BCUT2D eigenvalue weighted by Gasteiger charge is -2.22. The number of halogens is 1.